The highest BCUT2D eigenvalue weighted by Crippen LogP contribution is 2.32. The second-order valence-corrected chi connectivity index (χ2v) is 4.05. The van der Waals surface area contributed by atoms with Crippen LogP contribution >= 0.6 is 0 Å². The molecule has 2 unspecified atom stereocenters. The Morgan fingerprint density at radius 3 is 2.50 bits per heavy atom. The van der Waals surface area contributed by atoms with Crippen molar-refractivity contribution >= 4 is 5.97 Å². The number of hydrogen-bond donors (Lipinski definition) is 0. The number of esters is 1. The van der Waals surface area contributed by atoms with Crippen molar-refractivity contribution in [3.05, 3.63) is 0 Å². The Bertz CT molecular complexity index is 163. The van der Waals surface area contributed by atoms with Crippen LogP contribution in [0, 0.1) is 11.8 Å². The van der Waals surface area contributed by atoms with Gasteiger partial charge in [-0.2, -0.15) is 0 Å². The molecular weight excluding hydrogens is 152 g/mol. The summed E-state index contributed by atoms with van der Waals surface area (Å²) < 4.78 is 5.15. The van der Waals surface area contributed by atoms with E-state index in [1.165, 1.54) is 13.3 Å². The first kappa shape index (κ1) is 9.56. The summed E-state index contributed by atoms with van der Waals surface area (Å²) in [5, 5.41) is 0. The van der Waals surface area contributed by atoms with Crippen molar-refractivity contribution in [2.45, 2.75) is 46.1 Å². The molecule has 0 amide bonds. The molecule has 1 aliphatic rings. The summed E-state index contributed by atoms with van der Waals surface area (Å²) >= 11 is 0. The van der Waals surface area contributed by atoms with E-state index in [1.54, 1.807) is 0 Å². The first-order valence-electron chi connectivity index (χ1n) is 4.76. The summed E-state index contributed by atoms with van der Waals surface area (Å²) in [5.74, 6) is 1.35. The van der Waals surface area contributed by atoms with Gasteiger partial charge in [-0.25, -0.2) is 0 Å². The van der Waals surface area contributed by atoms with Gasteiger partial charge in [0.05, 0.1) is 0 Å². The number of carbonyl (C=O) groups excluding carboxylic acids is 1. The van der Waals surface area contributed by atoms with E-state index in [-0.39, 0.29) is 12.1 Å². The third-order valence-corrected chi connectivity index (χ3v) is 2.70. The molecule has 70 valence electrons. The average Bonchev–Trinajstić information content (AvgIpc) is 2.34. The average molecular weight is 170 g/mol. The van der Waals surface area contributed by atoms with E-state index in [0.29, 0.717) is 0 Å². The largest absolute Gasteiger partial charge is 0.463 e. The summed E-state index contributed by atoms with van der Waals surface area (Å²) in [4.78, 5) is 10.7. The van der Waals surface area contributed by atoms with E-state index < -0.39 is 0 Å². The van der Waals surface area contributed by atoms with Crippen LogP contribution in [-0.4, -0.2) is 12.1 Å². The third kappa shape index (κ3) is 2.50. The zero-order valence-electron chi connectivity index (χ0n) is 8.17. The lowest BCUT2D eigenvalue weighted by Crippen LogP contribution is -2.13. The quantitative estimate of drug-likeness (QED) is 0.595. The van der Waals surface area contributed by atoms with Gasteiger partial charge in [0.15, 0.2) is 0 Å². The Morgan fingerprint density at radius 2 is 2.08 bits per heavy atom. The van der Waals surface area contributed by atoms with E-state index in [1.807, 2.05) is 0 Å². The van der Waals surface area contributed by atoms with E-state index in [9.17, 15) is 4.79 Å². The van der Waals surface area contributed by atoms with Crippen LogP contribution in [0.15, 0.2) is 0 Å². The fourth-order valence-corrected chi connectivity index (χ4v) is 1.92. The van der Waals surface area contributed by atoms with Crippen LogP contribution in [0.3, 0.4) is 0 Å². The van der Waals surface area contributed by atoms with E-state index in [0.717, 1.165) is 24.7 Å². The Kier molecular flexibility index (Phi) is 3.12. The molecule has 1 rings (SSSR count). The van der Waals surface area contributed by atoms with Crippen molar-refractivity contribution < 1.29 is 9.53 Å². The maximum atomic E-state index is 10.7. The Labute approximate surface area is 74.3 Å². The highest BCUT2D eigenvalue weighted by Gasteiger charge is 2.28. The van der Waals surface area contributed by atoms with Crippen molar-refractivity contribution in [2.24, 2.45) is 11.8 Å². The standard InChI is InChI=1S/C10H18O2/c1-7(2)9-4-5-10(6-9)12-8(3)11/h7,9-10H,4-6H2,1-3H3. The smallest absolute Gasteiger partial charge is 0.302 e. The SMILES string of the molecule is CC(=O)OC1CCC(C(C)C)C1. The molecule has 2 atom stereocenters. The Morgan fingerprint density at radius 1 is 1.42 bits per heavy atom. The van der Waals surface area contributed by atoms with E-state index in [4.69, 9.17) is 4.74 Å². The van der Waals surface area contributed by atoms with Gasteiger partial charge in [-0.15, -0.1) is 0 Å². The molecule has 1 fully saturated rings. The molecule has 2 nitrogen and oxygen atoms in total. The van der Waals surface area contributed by atoms with Gasteiger partial charge < -0.3 is 4.74 Å². The second kappa shape index (κ2) is 3.92. The topological polar surface area (TPSA) is 26.3 Å². The highest BCUT2D eigenvalue weighted by atomic mass is 16.5. The lowest BCUT2D eigenvalue weighted by Gasteiger charge is -2.14. The van der Waals surface area contributed by atoms with Crippen molar-refractivity contribution in [3.63, 3.8) is 0 Å². The molecule has 0 aromatic heterocycles. The van der Waals surface area contributed by atoms with Crippen molar-refractivity contribution in [1.82, 2.24) is 0 Å². The molecule has 12 heavy (non-hydrogen) atoms. The molecule has 0 heterocycles. The molecule has 0 aromatic carbocycles. The van der Waals surface area contributed by atoms with Crippen LogP contribution in [0.5, 0.6) is 0 Å². The van der Waals surface area contributed by atoms with Crippen molar-refractivity contribution in [2.75, 3.05) is 0 Å². The molecule has 2 heteroatoms. The van der Waals surface area contributed by atoms with Crippen LogP contribution in [0.25, 0.3) is 0 Å². The maximum Gasteiger partial charge on any atom is 0.302 e. The zero-order chi connectivity index (χ0) is 9.14. The van der Waals surface area contributed by atoms with Gasteiger partial charge in [0, 0.05) is 6.92 Å². The number of carbonyl (C=O) groups is 1. The van der Waals surface area contributed by atoms with Gasteiger partial charge in [-0.3, -0.25) is 4.79 Å². The summed E-state index contributed by atoms with van der Waals surface area (Å²) in [6.45, 7) is 5.96. The van der Waals surface area contributed by atoms with Crippen LogP contribution in [0.2, 0.25) is 0 Å². The van der Waals surface area contributed by atoms with Gasteiger partial charge in [0.2, 0.25) is 0 Å². The minimum Gasteiger partial charge on any atom is -0.463 e. The first-order valence-corrected chi connectivity index (χ1v) is 4.76. The van der Waals surface area contributed by atoms with Crippen LogP contribution in [0.1, 0.15) is 40.0 Å². The molecule has 0 N–H and O–H groups in total. The number of hydrogen-bond acceptors (Lipinski definition) is 2. The normalized spacial score (nSPS) is 29.3. The molecule has 0 saturated heterocycles. The van der Waals surface area contributed by atoms with Gasteiger partial charge >= 0.3 is 5.97 Å². The first-order chi connectivity index (χ1) is 5.59. The molecule has 1 aliphatic carbocycles. The van der Waals surface area contributed by atoms with Crippen molar-refractivity contribution in [1.29, 1.82) is 0 Å². The summed E-state index contributed by atoms with van der Waals surface area (Å²) in [6, 6.07) is 0. The molecule has 1 saturated carbocycles. The van der Waals surface area contributed by atoms with Gasteiger partial charge in [0.1, 0.15) is 6.10 Å². The second-order valence-electron chi connectivity index (χ2n) is 4.05. The predicted molar refractivity (Wildman–Crippen MR) is 47.7 cm³/mol. The third-order valence-electron chi connectivity index (χ3n) is 2.70. The van der Waals surface area contributed by atoms with Crippen LogP contribution in [0.4, 0.5) is 0 Å². The highest BCUT2D eigenvalue weighted by molar-refractivity contribution is 5.66. The Hall–Kier alpha value is -0.530. The molecule has 0 radical (unpaired) electrons. The summed E-state index contributed by atoms with van der Waals surface area (Å²) in [6.07, 6.45) is 3.55. The molecule has 0 spiro atoms. The van der Waals surface area contributed by atoms with E-state index in [2.05, 4.69) is 13.8 Å². The predicted octanol–water partition coefficient (Wildman–Crippen LogP) is 2.37. The zero-order valence-corrected chi connectivity index (χ0v) is 8.17. The number of ether oxygens (including phenoxy) is 1. The summed E-state index contributed by atoms with van der Waals surface area (Å²) in [5.41, 5.74) is 0. The van der Waals surface area contributed by atoms with Gasteiger partial charge in [-0.05, 0) is 31.1 Å². The molecule has 0 bridgehead atoms. The minimum atomic E-state index is -0.135. The van der Waals surface area contributed by atoms with Gasteiger partial charge in [-0.1, -0.05) is 13.8 Å². The Balaban J connectivity index is 2.30. The van der Waals surface area contributed by atoms with Crippen molar-refractivity contribution in [3.8, 4) is 0 Å². The number of rotatable bonds is 2. The molecular formula is C10H18O2. The fraction of sp³-hybridized carbons (Fsp3) is 0.900. The van der Waals surface area contributed by atoms with E-state index >= 15 is 0 Å². The van der Waals surface area contributed by atoms with Crippen LogP contribution in [-0.2, 0) is 9.53 Å². The molecule has 0 aromatic rings. The maximum absolute atomic E-state index is 10.7. The lowest BCUT2D eigenvalue weighted by molar-refractivity contribution is -0.146. The van der Waals surface area contributed by atoms with Crippen LogP contribution < -0.4 is 0 Å². The fourth-order valence-electron chi connectivity index (χ4n) is 1.92. The summed E-state index contributed by atoms with van der Waals surface area (Å²) in [7, 11) is 0. The van der Waals surface area contributed by atoms with Gasteiger partial charge in [0.25, 0.3) is 0 Å². The monoisotopic (exact) mass is 170 g/mol. The minimum absolute atomic E-state index is 0.135. The molecule has 0 aliphatic heterocycles. The lowest BCUT2D eigenvalue weighted by atomic mass is 9.95.